The van der Waals surface area contributed by atoms with Crippen LogP contribution in [0.5, 0.6) is 17.2 Å². The largest absolute Gasteiger partial charge is 0.493 e. The highest BCUT2D eigenvalue weighted by Gasteiger charge is 2.18. The van der Waals surface area contributed by atoms with Gasteiger partial charge in [0, 0.05) is 5.56 Å². The van der Waals surface area contributed by atoms with Crippen LogP contribution in [0.2, 0.25) is 0 Å². The maximum Gasteiger partial charge on any atom is 0.234 e. The molecule has 0 N–H and O–H groups in total. The first-order valence-corrected chi connectivity index (χ1v) is 6.98. The fourth-order valence-corrected chi connectivity index (χ4v) is 2.78. The van der Waals surface area contributed by atoms with Crippen molar-refractivity contribution in [3.8, 4) is 28.6 Å². The lowest BCUT2D eigenvalue weighted by molar-refractivity contribution is 0.324. The molecule has 0 fully saturated rings. The number of aryl methyl sites for hydroxylation is 1. The van der Waals surface area contributed by atoms with E-state index in [2.05, 4.69) is 15.3 Å². The van der Waals surface area contributed by atoms with Crippen LogP contribution in [0.4, 0.5) is 0 Å². The van der Waals surface area contributed by atoms with Gasteiger partial charge in [-0.25, -0.2) is 0 Å². The molecule has 3 aromatic rings. The highest BCUT2D eigenvalue weighted by Crippen LogP contribution is 2.40. The van der Waals surface area contributed by atoms with Crippen molar-refractivity contribution < 1.29 is 14.2 Å². The van der Waals surface area contributed by atoms with Gasteiger partial charge in [-0.15, -0.1) is 10.2 Å². The van der Waals surface area contributed by atoms with Crippen LogP contribution in [0.1, 0.15) is 5.01 Å². The van der Waals surface area contributed by atoms with Gasteiger partial charge in [0.1, 0.15) is 5.01 Å². The van der Waals surface area contributed by atoms with E-state index >= 15 is 0 Å². The highest BCUT2D eigenvalue weighted by molar-refractivity contribution is 7.16. The molecule has 0 aliphatic heterocycles. The van der Waals surface area contributed by atoms with Crippen molar-refractivity contribution in [3.05, 3.63) is 17.1 Å². The summed E-state index contributed by atoms with van der Waals surface area (Å²) in [4.78, 5) is 0.747. The van der Waals surface area contributed by atoms with Gasteiger partial charge in [0.05, 0.1) is 21.3 Å². The summed E-state index contributed by atoms with van der Waals surface area (Å²) < 4.78 is 17.7. The van der Waals surface area contributed by atoms with Crippen LogP contribution in [0.15, 0.2) is 12.1 Å². The van der Waals surface area contributed by atoms with Crippen LogP contribution in [-0.4, -0.2) is 41.1 Å². The third-order valence-electron chi connectivity index (χ3n) is 3.01. The Morgan fingerprint density at radius 1 is 1.00 bits per heavy atom. The first kappa shape index (κ1) is 13.6. The summed E-state index contributed by atoms with van der Waals surface area (Å²) in [7, 11) is 4.72. The van der Waals surface area contributed by atoms with Gasteiger partial charge in [0.15, 0.2) is 17.3 Å². The number of aromatic nitrogens is 4. The smallest absolute Gasteiger partial charge is 0.234 e. The van der Waals surface area contributed by atoms with E-state index in [1.807, 2.05) is 19.1 Å². The SMILES string of the molecule is COc1cc(-c2nnc3sc(C)nn23)cc(OC)c1OC. The second-order valence-corrected chi connectivity index (χ2v) is 5.41. The van der Waals surface area contributed by atoms with E-state index in [0.29, 0.717) is 23.1 Å². The van der Waals surface area contributed by atoms with Crippen LogP contribution >= 0.6 is 11.3 Å². The van der Waals surface area contributed by atoms with Gasteiger partial charge < -0.3 is 14.2 Å². The normalized spacial score (nSPS) is 10.9. The number of hydrogen-bond acceptors (Lipinski definition) is 7. The van der Waals surface area contributed by atoms with Crippen molar-refractivity contribution in [1.82, 2.24) is 19.8 Å². The minimum absolute atomic E-state index is 0.541. The summed E-state index contributed by atoms with van der Waals surface area (Å²) >= 11 is 1.49. The second kappa shape index (κ2) is 5.21. The fourth-order valence-electron chi connectivity index (χ4n) is 2.10. The van der Waals surface area contributed by atoms with Crippen LogP contribution in [0.3, 0.4) is 0 Å². The van der Waals surface area contributed by atoms with Crippen LogP contribution in [0.25, 0.3) is 16.3 Å². The molecule has 7 nitrogen and oxygen atoms in total. The molecule has 110 valence electrons. The van der Waals surface area contributed by atoms with Crippen molar-refractivity contribution in [2.24, 2.45) is 0 Å². The van der Waals surface area contributed by atoms with E-state index in [0.717, 1.165) is 15.5 Å². The van der Waals surface area contributed by atoms with Gasteiger partial charge in [-0.3, -0.25) is 0 Å². The predicted molar refractivity (Wildman–Crippen MR) is 78.5 cm³/mol. The third kappa shape index (κ3) is 2.17. The summed E-state index contributed by atoms with van der Waals surface area (Å²) in [6.07, 6.45) is 0. The highest BCUT2D eigenvalue weighted by atomic mass is 32.1. The molecule has 0 spiro atoms. The molecule has 0 unspecified atom stereocenters. The summed E-state index contributed by atoms with van der Waals surface area (Å²) in [5.41, 5.74) is 0.794. The van der Waals surface area contributed by atoms with Crippen LogP contribution in [0, 0.1) is 6.92 Å². The Balaban J connectivity index is 2.22. The van der Waals surface area contributed by atoms with E-state index < -0.39 is 0 Å². The topological polar surface area (TPSA) is 70.8 Å². The molecule has 2 aromatic heterocycles. The van der Waals surface area contributed by atoms with E-state index in [1.54, 1.807) is 25.8 Å². The number of benzene rings is 1. The summed E-state index contributed by atoms with van der Waals surface area (Å²) in [6, 6.07) is 3.65. The van der Waals surface area contributed by atoms with Gasteiger partial charge in [-0.1, -0.05) is 11.3 Å². The Kier molecular flexibility index (Phi) is 3.38. The molecule has 2 heterocycles. The Morgan fingerprint density at radius 2 is 1.67 bits per heavy atom. The van der Waals surface area contributed by atoms with Crippen molar-refractivity contribution in [3.63, 3.8) is 0 Å². The van der Waals surface area contributed by atoms with Gasteiger partial charge in [-0.2, -0.15) is 9.61 Å². The zero-order valence-electron chi connectivity index (χ0n) is 12.1. The maximum atomic E-state index is 5.35. The minimum atomic E-state index is 0.541. The number of methoxy groups -OCH3 is 3. The number of rotatable bonds is 4. The van der Waals surface area contributed by atoms with Crippen LogP contribution < -0.4 is 14.2 Å². The van der Waals surface area contributed by atoms with Crippen molar-refractivity contribution >= 4 is 16.3 Å². The monoisotopic (exact) mass is 306 g/mol. The van der Waals surface area contributed by atoms with Gasteiger partial charge in [0.25, 0.3) is 0 Å². The number of fused-ring (bicyclic) bond motifs is 1. The van der Waals surface area contributed by atoms with E-state index in [4.69, 9.17) is 14.2 Å². The zero-order valence-corrected chi connectivity index (χ0v) is 12.9. The average Bonchev–Trinajstić information content (AvgIpc) is 3.04. The first-order valence-electron chi connectivity index (χ1n) is 6.17. The molecule has 0 aliphatic rings. The minimum Gasteiger partial charge on any atom is -0.493 e. The molecule has 0 radical (unpaired) electrons. The molecule has 0 saturated carbocycles. The maximum absolute atomic E-state index is 5.35. The molecule has 21 heavy (non-hydrogen) atoms. The third-order valence-corrected chi connectivity index (χ3v) is 3.83. The number of nitrogens with zero attached hydrogens (tertiary/aromatic N) is 4. The molecular formula is C13H14N4O3S. The van der Waals surface area contributed by atoms with Gasteiger partial charge >= 0.3 is 0 Å². The lowest BCUT2D eigenvalue weighted by Crippen LogP contribution is -1.97. The molecule has 8 heteroatoms. The lowest BCUT2D eigenvalue weighted by atomic mass is 10.1. The first-order chi connectivity index (χ1) is 10.2. The van der Waals surface area contributed by atoms with Gasteiger partial charge in [0.2, 0.25) is 10.7 Å². The van der Waals surface area contributed by atoms with Crippen LogP contribution in [-0.2, 0) is 0 Å². The Bertz CT molecular complexity index is 771. The molecule has 0 atom stereocenters. The van der Waals surface area contributed by atoms with Gasteiger partial charge in [-0.05, 0) is 19.1 Å². The van der Waals surface area contributed by atoms with Crippen molar-refractivity contribution in [2.45, 2.75) is 6.92 Å². The molecule has 3 rings (SSSR count). The quantitative estimate of drug-likeness (QED) is 0.736. The van der Waals surface area contributed by atoms with E-state index in [1.165, 1.54) is 11.3 Å². The number of hydrogen-bond donors (Lipinski definition) is 0. The second-order valence-electron chi connectivity index (χ2n) is 4.25. The fraction of sp³-hybridized carbons (Fsp3) is 0.308. The molecule has 1 aromatic carbocycles. The molecule has 0 saturated heterocycles. The molecule has 0 bridgehead atoms. The summed E-state index contributed by atoms with van der Waals surface area (Å²) in [5, 5.41) is 13.6. The standard InChI is InChI=1S/C13H14N4O3S/c1-7-16-17-12(14-15-13(17)21-7)8-5-9(18-2)11(20-4)10(6-8)19-3/h5-6H,1-4H3. The molecule has 0 amide bonds. The summed E-state index contributed by atoms with van der Waals surface area (Å²) in [5.74, 6) is 2.30. The Labute approximate surface area is 125 Å². The lowest BCUT2D eigenvalue weighted by Gasteiger charge is -2.13. The Hall–Kier alpha value is -2.35. The van der Waals surface area contributed by atoms with E-state index in [9.17, 15) is 0 Å². The molecule has 0 aliphatic carbocycles. The Morgan fingerprint density at radius 3 is 2.24 bits per heavy atom. The average molecular weight is 306 g/mol. The molecular weight excluding hydrogens is 292 g/mol. The predicted octanol–water partition coefficient (Wildman–Crippen LogP) is 2.19. The summed E-state index contributed by atoms with van der Waals surface area (Å²) in [6.45, 7) is 1.93. The van der Waals surface area contributed by atoms with Crippen molar-refractivity contribution in [1.29, 1.82) is 0 Å². The van der Waals surface area contributed by atoms with Crippen molar-refractivity contribution in [2.75, 3.05) is 21.3 Å². The zero-order chi connectivity index (χ0) is 15.0. The van der Waals surface area contributed by atoms with E-state index in [-0.39, 0.29) is 0 Å². The number of ether oxygens (including phenoxy) is 3.